The highest BCUT2D eigenvalue weighted by Crippen LogP contribution is 2.20. The van der Waals surface area contributed by atoms with Crippen molar-refractivity contribution in [2.24, 2.45) is 0 Å². The topological polar surface area (TPSA) is 52.0 Å². The highest BCUT2D eigenvalue weighted by Gasteiger charge is 2.16. The van der Waals surface area contributed by atoms with Gasteiger partial charge >= 0.3 is 6.01 Å². The molecule has 90 valence electrons. The summed E-state index contributed by atoms with van der Waals surface area (Å²) in [6, 6.07) is 6.69. The first kappa shape index (κ1) is 11.5. The number of nitrogens with one attached hydrogen (secondary N) is 1. The maximum absolute atomic E-state index is 13.7. The molecule has 1 aromatic carbocycles. The van der Waals surface area contributed by atoms with E-state index in [9.17, 15) is 4.39 Å². The molecule has 17 heavy (non-hydrogen) atoms. The molecule has 0 radical (unpaired) electrons. The van der Waals surface area contributed by atoms with E-state index in [2.05, 4.69) is 15.5 Å². The fourth-order valence-electron chi connectivity index (χ4n) is 1.58. The molecular formula is C11H13FN4O. The molecule has 0 saturated heterocycles. The number of benzene rings is 1. The van der Waals surface area contributed by atoms with E-state index in [0.29, 0.717) is 18.1 Å². The summed E-state index contributed by atoms with van der Waals surface area (Å²) >= 11 is 0. The van der Waals surface area contributed by atoms with Crippen LogP contribution in [0.4, 0.5) is 4.39 Å². The number of ether oxygens (including phenoxy) is 1. The lowest BCUT2D eigenvalue weighted by Gasteiger charge is -2.09. The quantitative estimate of drug-likeness (QED) is 0.864. The minimum absolute atomic E-state index is 0.264. The Hall–Kier alpha value is -1.95. The lowest BCUT2D eigenvalue weighted by atomic mass is 10.3. The third-order valence-electron chi connectivity index (χ3n) is 2.31. The Balaban J connectivity index is 2.56. The van der Waals surface area contributed by atoms with Gasteiger partial charge in [0.15, 0.2) is 5.82 Å². The molecule has 2 aromatic rings. The zero-order valence-corrected chi connectivity index (χ0v) is 9.64. The van der Waals surface area contributed by atoms with Crippen molar-refractivity contribution in [3.8, 4) is 11.7 Å². The van der Waals surface area contributed by atoms with Gasteiger partial charge in [-0.05, 0) is 19.2 Å². The molecule has 0 amide bonds. The molecule has 0 atom stereocenters. The molecule has 2 rings (SSSR count). The molecule has 5 nitrogen and oxygen atoms in total. The molecule has 0 fully saturated rings. The van der Waals surface area contributed by atoms with Crippen molar-refractivity contribution in [1.29, 1.82) is 0 Å². The fraction of sp³-hybridized carbons (Fsp3) is 0.273. The van der Waals surface area contributed by atoms with Gasteiger partial charge in [0, 0.05) is 0 Å². The van der Waals surface area contributed by atoms with E-state index in [1.807, 2.05) is 0 Å². The van der Waals surface area contributed by atoms with Crippen molar-refractivity contribution < 1.29 is 9.13 Å². The minimum Gasteiger partial charge on any atom is -0.467 e. The highest BCUT2D eigenvalue weighted by molar-refractivity contribution is 5.37. The van der Waals surface area contributed by atoms with E-state index in [1.165, 1.54) is 13.2 Å². The normalized spacial score (nSPS) is 10.5. The van der Waals surface area contributed by atoms with Gasteiger partial charge in [-0.25, -0.2) is 8.96 Å². The third-order valence-corrected chi connectivity index (χ3v) is 2.31. The molecule has 0 unspecified atom stereocenters. The standard InChI is InChI=1S/C11H13FN4O/c1-13-7-10-14-15-11(17-2)16(10)9-6-4-3-5-8(9)12/h3-6,13H,7H2,1-2H3. The summed E-state index contributed by atoms with van der Waals surface area (Å²) in [5.41, 5.74) is 0.375. The van der Waals surface area contributed by atoms with E-state index < -0.39 is 0 Å². The largest absolute Gasteiger partial charge is 0.467 e. The van der Waals surface area contributed by atoms with Crippen molar-refractivity contribution >= 4 is 0 Å². The van der Waals surface area contributed by atoms with Crippen LogP contribution in [0.1, 0.15) is 5.82 Å². The van der Waals surface area contributed by atoms with E-state index in [1.54, 1.807) is 29.8 Å². The van der Waals surface area contributed by atoms with Gasteiger partial charge in [0.05, 0.1) is 19.3 Å². The summed E-state index contributed by atoms with van der Waals surface area (Å²) in [6.07, 6.45) is 0. The Morgan fingerprint density at radius 2 is 2.12 bits per heavy atom. The number of rotatable bonds is 4. The number of halogens is 1. The number of nitrogens with zero attached hydrogens (tertiary/aromatic N) is 3. The lowest BCUT2D eigenvalue weighted by Crippen LogP contribution is -2.12. The monoisotopic (exact) mass is 236 g/mol. The Morgan fingerprint density at radius 3 is 2.76 bits per heavy atom. The fourth-order valence-corrected chi connectivity index (χ4v) is 1.58. The number of hydrogen-bond acceptors (Lipinski definition) is 4. The van der Waals surface area contributed by atoms with Gasteiger partial charge in [-0.2, -0.15) is 0 Å². The second-order valence-electron chi connectivity index (χ2n) is 3.42. The first-order chi connectivity index (χ1) is 8.27. The molecule has 0 aliphatic rings. The second-order valence-corrected chi connectivity index (χ2v) is 3.42. The van der Waals surface area contributed by atoms with Crippen LogP contribution >= 0.6 is 0 Å². The number of para-hydroxylation sites is 1. The molecule has 0 aliphatic carbocycles. The molecule has 0 bridgehead atoms. The van der Waals surface area contributed by atoms with Gasteiger partial charge in [0.1, 0.15) is 5.82 Å². The van der Waals surface area contributed by atoms with Crippen molar-refractivity contribution in [3.63, 3.8) is 0 Å². The van der Waals surface area contributed by atoms with Gasteiger partial charge < -0.3 is 10.1 Å². The van der Waals surface area contributed by atoms with Crippen LogP contribution in [0.25, 0.3) is 5.69 Å². The summed E-state index contributed by atoms with van der Waals surface area (Å²) in [5, 5.41) is 10.8. The van der Waals surface area contributed by atoms with Crippen molar-refractivity contribution in [2.45, 2.75) is 6.54 Å². The van der Waals surface area contributed by atoms with Crippen LogP contribution in [0.3, 0.4) is 0 Å². The predicted octanol–water partition coefficient (Wildman–Crippen LogP) is 1.13. The van der Waals surface area contributed by atoms with E-state index in [0.717, 1.165) is 0 Å². The zero-order valence-electron chi connectivity index (χ0n) is 9.64. The third kappa shape index (κ3) is 2.12. The molecule has 1 heterocycles. The average Bonchev–Trinajstić information content (AvgIpc) is 2.73. The van der Waals surface area contributed by atoms with Gasteiger partial charge in [-0.15, -0.1) is 5.10 Å². The summed E-state index contributed by atoms with van der Waals surface area (Å²) in [4.78, 5) is 0. The van der Waals surface area contributed by atoms with Crippen LogP contribution in [0.2, 0.25) is 0 Å². The van der Waals surface area contributed by atoms with Crippen molar-refractivity contribution in [2.75, 3.05) is 14.2 Å². The SMILES string of the molecule is CNCc1nnc(OC)n1-c1ccccc1F. The molecule has 1 N–H and O–H groups in total. The Labute approximate surface area is 98.2 Å². The molecule has 0 aliphatic heterocycles. The summed E-state index contributed by atoms with van der Waals surface area (Å²) in [7, 11) is 3.26. The van der Waals surface area contributed by atoms with Gasteiger partial charge in [-0.1, -0.05) is 17.2 Å². The van der Waals surface area contributed by atoms with Crippen LogP contribution in [0.5, 0.6) is 6.01 Å². The Bertz CT molecular complexity index is 512. The van der Waals surface area contributed by atoms with Crippen molar-refractivity contribution in [1.82, 2.24) is 20.1 Å². The highest BCUT2D eigenvalue weighted by atomic mass is 19.1. The van der Waals surface area contributed by atoms with E-state index in [-0.39, 0.29) is 11.8 Å². The number of hydrogen-bond donors (Lipinski definition) is 1. The van der Waals surface area contributed by atoms with Crippen LogP contribution in [-0.4, -0.2) is 28.9 Å². The summed E-state index contributed by atoms with van der Waals surface area (Å²) < 4.78 is 20.4. The Morgan fingerprint density at radius 1 is 1.35 bits per heavy atom. The van der Waals surface area contributed by atoms with Crippen LogP contribution in [-0.2, 0) is 6.54 Å². The summed E-state index contributed by atoms with van der Waals surface area (Å²) in [5.74, 6) is 0.248. The maximum atomic E-state index is 13.7. The van der Waals surface area contributed by atoms with Crippen molar-refractivity contribution in [3.05, 3.63) is 35.9 Å². The van der Waals surface area contributed by atoms with Crippen LogP contribution in [0, 0.1) is 5.82 Å². The van der Waals surface area contributed by atoms with Gasteiger partial charge in [0.25, 0.3) is 0 Å². The number of aromatic nitrogens is 3. The Kier molecular flexibility index (Phi) is 3.34. The zero-order chi connectivity index (χ0) is 12.3. The smallest absolute Gasteiger partial charge is 0.321 e. The average molecular weight is 236 g/mol. The molecule has 6 heteroatoms. The number of methoxy groups -OCH3 is 1. The maximum Gasteiger partial charge on any atom is 0.321 e. The van der Waals surface area contributed by atoms with E-state index >= 15 is 0 Å². The van der Waals surface area contributed by atoms with Crippen LogP contribution in [0.15, 0.2) is 24.3 Å². The molecule has 0 saturated carbocycles. The van der Waals surface area contributed by atoms with Gasteiger partial charge in [-0.3, -0.25) is 0 Å². The molecule has 0 spiro atoms. The minimum atomic E-state index is -0.344. The van der Waals surface area contributed by atoms with Gasteiger partial charge in [0.2, 0.25) is 0 Å². The summed E-state index contributed by atoms with van der Waals surface area (Å²) in [6.45, 7) is 0.477. The van der Waals surface area contributed by atoms with E-state index in [4.69, 9.17) is 4.74 Å². The first-order valence-electron chi connectivity index (χ1n) is 5.15. The molecular weight excluding hydrogens is 223 g/mol. The lowest BCUT2D eigenvalue weighted by molar-refractivity contribution is 0.369. The van der Waals surface area contributed by atoms with Crippen LogP contribution < -0.4 is 10.1 Å². The molecule has 1 aromatic heterocycles. The second kappa shape index (κ2) is 4.92. The first-order valence-corrected chi connectivity index (χ1v) is 5.15. The predicted molar refractivity (Wildman–Crippen MR) is 60.6 cm³/mol.